The highest BCUT2D eigenvalue weighted by Crippen LogP contribution is 2.41. The van der Waals surface area contributed by atoms with E-state index in [1.165, 1.54) is 87.1 Å². The van der Waals surface area contributed by atoms with Gasteiger partial charge in [-0.25, -0.2) is 0 Å². The zero-order valence-electron chi connectivity index (χ0n) is 28.8. The van der Waals surface area contributed by atoms with Crippen molar-refractivity contribution in [1.82, 2.24) is 9.80 Å². The van der Waals surface area contributed by atoms with Gasteiger partial charge in [-0.05, 0) is 118 Å². The van der Waals surface area contributed by atoms with Crippen LogP contribution in [0.15, 0.2) is 48.5 Å². The molecule has 2 aromatic carbocycles. The highest BCUT2D eigenvalue weighted by molar-refractivity contribution is 5.52. The number of anilines is 1. The molecule has 42 heavy (non-hydrogen) atoms. The molecule has 0 aromatic heterocycles. The molecule has 0 aliphatic carbocycles. The van der Waals surface area contributed by atoms with Crippen molar-refractivity contribution < 1.29 is 0 Å². The van der Waals surface area contributed by atoms with Crippen LogP contribution in [-0.4, -0.2) is 59.1 Å². The monoisotopic (exact) mass is 571 g/mol. The van der Waals surface area contributed by atoms with E-state index in [9.17, 15) is 0 Å². The van der Waals surface area contributed by atoms with Gasteiger partial charge in [0.15, 0.2) is 0 Å². The summed E-state index contributed by atoms with van der Waals surface area (Å²) in [6.45, 7) is 28.8. The van der Waals surface area contributed by atoms with Gasteiger partial charge in [-0.1, -0.05) is 77.9 Å². The first-order valence-corrected chi connectivity index (χ1v) is 17.1. The third kappa shape index (κ3) is 6.48. The third-order valence-electron chi connectivity index (χ3n) is 11.8. The Morgan fingerprint density at radius 2 is 1.33 bits per heavy atom. The van der Waals surface area contributed by atoms with Gasteiger partial charge in [0.05, 0.1) is 0 Å². The van der Waals surface area contributed by atoms with Crippen LogP contribution < -0.4 is 4.90 Å². The lowest BCUT2D eigenvalue weighted by Crippen LogP contribution is -2.54. The molecule has 3 nitrogen and oxygen atoms in total. The highest BCUT2D eigenvalue weighted by atomic mass is 15.4. The molecule has 0 amide bonds. The second kappa shape index (κ2) is 11.6. The van der Waals surface area contributed by atoms with Crippen molar-refractivity contribution in [3.63, 3.8) is 0 Å². The van der Waals surface area contributed by atoms with Crippen molar-refractivity contribution >= 4 is 5.69 Å². The van der Waals surface area contributed by atoms with E-state index in [0.717, 1.165) is 0 Å². The minimum Gasteiger partial charge on any atom is -0.366 e. The van der Waals surface area contributed by atoms with Crippen molar-refractivity contribution in [1.29, 1.82) is 0 Å². The first kappa shape index (κ1) is 31.6. The molecule has 3 heteroatoms. The molecular formula is C39H61N3. The van der Waals surface area contributed by atoms with Gasteiger partial charge in [-0.15, -0.1) is 0 Å². The fraction of sp³-hybridized carbons (Fsp3) is 0.692. The number of hydrogen-bond donors (Lipinski definition) is 0. The molecule has 232 valence electrons. The second-order valence-electron chi connectivity index (χ2n) is 16.9. The van der Waals surface area contributed by atoms with Gasteiger partial charge in [0.1, 0.15) is 0 Å². The standard InChI is InChI=1S/C39H61N3/c1-11-38(7,8)42-28-34-25-35(42)27-41(34)33-20-18-32(19-21-33)37(5,6)22-23-39(9,10)40-24-12-13-30(26-40)29-14-16-31(17-15-29)36(2,3)4/h14-21,30,34-35H,11-13,22-28H2,1-10H3/t30?,34-,35-/m1/s1. The average Bonchev–Trinajstić information content (AvgIpc) is 3.58. The van der Waals surface area contributed by atoms with E-state index in [2.05, 4.69) is 132 Å². The number of benzene rings is 2. The minimum atomic E-state index is 0.166. The molecular weight excluding hydrogens is 510 g/mol. The maximum absolute atomic E-state index is 2.80. The Kier molecular flexibility index (Phi) is 8.71. The zero-order chi connectivity index (χ0) is 30.5. The number of piperidine rings is 1. The Morgan fingerprint density at radius 3 is 1.90 bits per heavy atom. The van der Waals surface area contributed by atoms with Crippen LogP contribution in [0.2, 0.25) is 0 Å². The van der Waals surface area contributed by atoms with Crippen molar-refractivity contribution in [3.05, 3.63) is 65.2 Å². The van der Waals surface area contributed by atoms with Crippen LogP contribution in [-0.2, 0) is 10.8 Å². The topological polar surface area (TPSA) is 9.72 Å². The Hall–Kier alpha value is -1.84. The number of rotatable bonds is 9. The summed E-state index contributed by atoms with van der Waals surface area (Å²) < 4.78 is 0. The quantitative estimate of drug-likeness (QED) is 0.297. The SMILES string of the molecule is CCC(C)(C)N1C[C@H]2C[C@@H]1CN2c1ccc(C(C)(C)CCC(C)(C)N2CCCC(c3ccc(C(C)(C)C)cc3)C2)cc1. The van der Waals surface area contributed by atoms with Gasteiger partial charge in [-0.3, -0.25) is 9.80 Å². The lowest BCUT2D eigenvalue weighted by atomic mass is 9.76. The van der Waals surface area contributed by atoms with E-state index in [0.29, 0.717) is 23.5 Å². The molecule has 3 heterocycles. The molecule has 3 aliphatic rings. The van der Waals surface area contributed by atoms with E-state index in [4.69, 9.17) is 0 Å². The summed E-state index contributed by atoms with van der Waals surface area (Å²) in [7, 11) is 0. The molecule has 0 N–H and O–H groups in total. The lowest BCUT2D eigenvalue weighted by Gasteiger charge is -2.45. The molecule has 5 rings (SSSR count). The van der Waals surface area contributed by atoms with E-state index in [1.54, 1.807) is 0 Å². The number of nitrogens with zero attached hydrogens (tertiary/aromatic N) is 3. The molecule has 0 saturated carbocycles. The molecule has 3 fully saturated rings. The van der Waals surface area contributed by atoms with Crippen LogP contribution >= 0.6 is 0 Å². The Balaban J connectivity index is 1.17. The van der Waals surface area contributed by atoms with Gasteiger partial charge in [0.25, 0.3) is 0 Å². The summed E-state index contributed by atoms with van der Waals surface area (Å²) >= 11 is 0. The van der Waals surface area contributed by atoms with Crippen molar-refractivity contribution in [3.8, 4) is 0 Å². The van der Waals surface area contributed by atoms with Crippen LogP contribution in [0.4, 0.5) is 5.69 Å². The fourth-order valence-electron chi connectivity index (χ4n) is 8.01. The maximum Gasteiger partial charge on any atom is 0.0433 e. The van der Waals surface area contributed by atoms with E-state index in [1.807, 2.05) is 0 Å². The van der Waals surface area contributed by atoms with Crippen LogP contribution in [0.3, 0.4) is 0 Å². The predicted molar refractivity (Wildman–Crippen MR) is 182 cm³/mol. The van der Waals surface area contributed by atoms with E-state index >= 15 is 0 Å². The Bertz CT molecular complexity index is 1180. The molecule has 2 bridgehead atoms. The lowest BCUT2D eigenvalue weighted by molar-refractivity contribution is 0.0714. The molecule has 0 radical (unpaired) electrons. The number of fused-ring (bicyclic) bond motifs is 2. The molecule has 3 aliphatic heterocycles. The van der Waals surface area contributed by atoms with Crippen molar-refractivity contribution in [2.75, 3.05) is 31.1 Å². The van der Waals surface area contributed by atoms with Crippen LogP contribution in [0.5, 0.6) is 0 Å². The van der Waals surface area contributed by atoms with Gasteiger partial charge in [-0.2, -0.15) is 0 Å². The fourth-order valence-corrected chi connectivity index (χ4v) is 8.01. The summed E-state index contributed by atoms with van der Waals surface area (Å²) in [5.41, 5.74) is 6.77. The maximum atomic E-state index is 2.80. The van der Waals surface area contributed by atoms with Gasteiger partial charge in [0.2, 0.25) is 0 Å². The van der Waals surface area contributed by atoms with Crippen molar-refractivity contribution in [2.24, 2.45) is 0 Å². The molecule has 3 saturated heterocycles. The summed E-state index contributed by atoms with van der Waals surface area (Å²) in [6, 6.07) is 20.6. The normalized spacial score (nSPS) is 24.5. The van der Waals surface area contributed by atoms with Crippen LogP contribution in [0.1, 0.15) is 130 Å². The Labute approximate surface area is 259 Å². The third-order valence-corrected chi connectivity index (χ3v) is 11.8. The minimum absolute atomic E-state index is 0.166. The van der Waals surface area contributed by atoms with Gasteiger partial charge in [0, 0.05) is 48.5 Å². The average molecular weight is 572 g/mol. The van der Waals surface area contributed by atoms with Crippen LogP contribution in [0.25, 0.3) is 0 Å². The summed E-state index contributed by atoms with van der Waals surface area (Å²) in [6.07, 6.45) is 7.58. The zero-order valence-corrected chi connectivity index (χ0v) is 28.8. The molecule has 0 spiro atoms. The van der Waals surface area contributed by atoms with E-state index in [-0.39, 0.29) is 16.4 Å². The molecule has 3 atom stereocenters. The number of piperazine rings is 1. The van der Waals surface area contributed by atoms with Crippen molar-refractivity contribution in [2.45, 2.75) is 148 Å². The first-order valence-electron chi connectivity index (χ1n) is 17.1. The Morgan fingerprint density at radius 1 is 0.690 bits per heavy atom. The van der Waals surface area contributed by atoms with Gasteiger partial charge >= 0.3 is 0 Å². The largest absolute Gasteiger partial charge is 0.366 e. The van der Waals surface area contributed by atoms with Gasteiger partial charge < -0.3 is 4.90 Å². The predicted octanol–water partition coefficient (Wildman–Crippen LogP) is 9.15. The molecule has 2 aromatic rings. The highest BCUT2D eigenvalue weighted by Gasteiger charge is 2.47. The van der Waals surface area contributed by atoms with Crippen LogP contribution in [0, 0.1) is 0 Å². The summed E-state index contributed by atoms with van der Waals surface area (Å²) in [5, 5.41) is 0. The van der Waals surface area contributed by atoms with E-state index < -0.39 is 0 Å². The summed E-state index contributed by atoms with van der Waals surface area (Å²) in [4.78, 5) is 8.26. The number of likely N-dealkylation sites (tertiary alicyclic amines) is 2. The molecule has 1 unspecified atom stereocenters. The number of hydrogen-bond acceptors (Lipinski definition) is 3. The summed E-state index contributed by atoms with van der Waals surface area (Å²) in [5.74, 6) is 0.647. The first-order chi connectivity index (χ1) is 19.6. The smallest absolute Gasteiger partial charge is 0.0433 e. The second-order valence-corrected chi connectivity index (χ2v) is 16.9.